The quantitative estimate of drug-likeness (QED) is 0.619. The second-order valence-corrected chi connectivity index (χ2v) is 4.17. The van der Waals surface area contributed by atoms with E-state index in [4.69, 9.17) is 5.73 Å². The fourth-order valence-corrected chi connectivity index (χ4v) is 1.35. The maximum Gasteiger partial charge on any atom is 0.217 e. The molecule has 1 amide bonds. The molecule has 0 atom stereocenters. The van der Waals surface area contributed by atoms with Crippen molar-refractivity contribution < 1.29 is 4.79 Å². The fraction of sp³-hybridized carbons (Fsp3) is 0.857. The predicted molar refractivity (Wildman–Crippen MR) is 46.0 cm³/mol. The molecule has 2 N–H and O–H groups in total. The zero-order chi connectivity index (χ0) is 7.98. The van der Waals surface area contributed by atoms with Crippen LogP contribution in [-0.4, -0.2) is 16.9 Å². The average Bonchev–Trinajstić information content (AvgIpc) is 1.79. The van der Waals surface area contributed by atoms with E-state index in [1.165, 1.54) is 0 Å². The normalized spacial score (nSPS) is 10.3. The van der Waals surface area contributed by atoms with Gasteiger partial charge in [-0.1, -0.05) is 13.8 Å². The number of rotatable bonds is 5. The molecule has 0 heterocycles. The summed E-state index contributed by atoms with van der Waals surface area (Å²) in [5, 5.41) is 0.660. The summed E-state index contributed by atoms with van der Waals surface area (Å²) >= 11 is 1.87. The van der Waals surface area contributed by atoms with Crippen LogP contribution < -0.4 is 5.73 Å². The summed E-state index contributed by atoms with van der Waals surface area (Å²) in [4.78, 5) is 10.3. The minimum atomic E-state index is -0.190. The molecule has 0 aliphatic carbocycles. The number of hydrogen-bond acceptors (Lipinski definition) is 2. The summed E-state index contributed by atoms with van der Waals surface area (Å²) in [6.45, 7) is 4.30. The van der Waals surface area contributed by atoms with Crippen molar-refractivity contribution in [2.75, 3.05) is 5.75 Å². The van der Waals surface area contributed by atoms with E-state index in [-0.39, 0.29) is 5.91 Å². The molecule has 2 nitrogen and oxygen atoms in total. The lowest BCUT2D eigenvalue weighted by atomic mass is 10.3. The molecule has 0 aromatic rings. The van der Waals surface area contributed by atoms with Gasteiger partial charge in [0.15, 0.2) is 0 Å². The Balaban J connectivity index is 2.98. The first kappa shape index (κ1) is 9.82. The number of primary amides is 1. The van der Waals surface area contributed by atoms with Gasteiger partial charge in [-0.2, -0.15) is 11.8 Å². The lowest BCUT2D eigenvalue weighted by molar-refractivity contribution is -0.118. The standard InChI is InChI=1S/C7H15NOS/c1-6(2)10-5-3-4-7(8)9/h6H,3-5H2,1-2H3,(H2,8,9). The van der Waals surface area contributed by atoms with Gasteiger partial charge in [0.25, 0.3) is 0 Å². The van der Waals surface area contributed by atoms with Crippen LogP contribution in [0.2, 0.25) is 0 Å². The van der Waals surface area contributed by atoms with E-state index < -0.39 is 0 Å². The van der Waals surface area contributed by atoms with Crippen LogP contribution in [0.3, 0.4) is 0 Å². The van der Waals surface area contributed by atoms with Crippen molar-refractivity contribution in [3.05, 3.63) is 0 Å². The number of hydrogen-bond donors (Lipinski definition) is 1. The Kier molecular flexibility index (Phi) is 5.49. The first-order chi connectivity index (χ1) is 4.63. The molecule has 0 aromatic heterocycles. The van der Waals surface area contributed by atoms with Gasteiger partial charge >= 0.3 is 0 Å². The molecule has 10 heavy (non-hydrogen) atoms. The summed E-state index contributed by atoms with van der Waals surface area (Å²) in [5.74, 6) is 0.852. The van der Waals surface area contributed by atoms with Crippen LogP contribution in [0.25, 0.3) is 0 Å². The van der Waals surface area contributed by atoms with Crippen molar-refractivity contribution in [3.8, 4) is 0 Å². The maximum absolute atomic E-state index is 10.3. The van der Waals surface area contributed by atoms with Crippen LogP contribution in [0.15, 0.2) is 0 Å². The van der Waals surface area contributed by atoms with Gasteiger partial charge in [-0.3, -0.25) is 4.79 Å². The van der Waals surface area contributed by atoms with Crippen molar-refractivity contribution in [1.82, 2.24) is 0 Å². The molecule has 0 radical (unpaired) electrons. The van der Waals surface area contributed by atoms with Gasteiger partial charge in [-0.15, -0.1) is 0 Å². The molecule has 0 spiro atoms. The van der Waals surface area contributed by atoms with Gasteiger partial charge in [0.05, 0.1) is 0 Å². The Morgan fingerprint density at radius 1 is 1.60 bits per heavy atom. The number of amides is 1. The van der Waals surface area contributed by atoms with Crippen LogP contribution >= 0.6 is 11.8 Å². The smallest absolute Gasteiger partial charge is 0.217 e. The number of nitrogens with two attached hydrogens (primary N) is 1. The molecule has 0 fully saturated rings. The molecule has 0 rings (SSSR count). The molecule has 0 aliphatic heterocycles. The highest BCUT2D eigenvalue weighted by Gasteiger charge is 1.96. The second kappa shape index (κ2) is 5.59. The third-order valence-corrected chi connectivity index (χ3v) is 2.21. The molecule has 0 bridgehead atoms. The van der Waals surface area contributed by atoms with Crippen LogP contribution in [0.5, 0.6) is 0 Å². The lowest BCUT2D eigenvalue weighted by Crippen LogP contribution is -2.10. The van der Waals surface area contributed by atoms with Gasteiger partial charge in [-0.05, 0) is 17.4 Å². The lowest BCUT2D eigenvalue weighted by Gasteiger charge is -2.01. The maximum atomic E-state index is 10.3. The molecule has 0 aromatic carbocycles. The second-order valence-electron chi connectivity index (χ2n) is 2.49. The van der Waals surface area contributed by atoms with E-state index >= 15 is 0 Å². The van der Waals surface area contributed by atoms with Crippen molar-refractivity contribution >= 4 is 17.7 Å². The van der Waals surface area contributed by atoms with Crippen molar-refractivity contribution in [3.63, 3.8) is 0 Å². The van der Waals surface area contributed by atoms with Gasteiger partial charge in [0, 0.05) is 6.42 Å². The summed E-state index contributed by atoms with van der Waals surface area (Å²) in [6, 6.07) is 0. The summed E-state index contributed by atoms with van der Waals surface area (Å²) in [6.07, 6.45) is 1.44. The average molecular weight is 161 g/mol. The zero-order valence-corrected chi connectivity index (χ0v) is 7.41. The summed E-state index contributed by atoms with van der Waals surface area (Å²) in [5.41, 5.74) is 4.96. The monoisotopic (exact) mass is 161 g/mol. The number of carbonyl (C=O) groups is 1. The van der Waals surface area contributed by atoms with Crippen LogP contribution in [-0.2, 0) is 4.79 Å². The van der Waals surface area contributed by atoms with Gasteiger partial charge in [-0.25, -0.2) is 0 Å². The van der Waals surface area contributed by atoms with E-state index in [1.807, 2.05) is 11.8 Å². The van der Waals surface area contributed by atoms with Gasteiger partial charge in [0.1, 0.15) is 0 Å². The molecule has 3 heteroatoms. The fourth-order valence-electron chi connectivity index (χ4n) is 0.565. The van der Waals surface area contributed by atoms with E-state index in [0.717, 1.165) is 12.2 Å². The molecule has 0 saturated heterocycles. The van der Waals surface area contributed by atoms with Crippen LogP contribution in [0, 0.1) is 0 Å². The zero-order valence-electron chi connectivity index (χ0n) is 6.59. The highest BCUT2D eigenvalue weighted by atomic mass is 32.2. The minimum absolute atomic E-state index is 0.190. The van der Waals surface area contributed by atoms with Crippen molar-refractivity contribution in [1.29, 1.82) is 0 Å². The first-order valence-electron chi connectivity index (χ1n) is 3.53. The van der Waals surface area contributed by atoms with Gasteiger partial charge < -0.3 is 5.73 Å². The summed E-state index contributed by atoms with van der Waals surface area (Å²) < 4.78 is 0. The van der Waals surface area contributed by atoms with Crippen molar-refractivity contribution in [2.24, 2.45) is 5.73 Å². The Labute approximate surface area is 66.6 Å². The van der Waals surface area contributed by atoms with Crippen LogP contribution in [0.4, 0.5) is 0 Å². The van der Waals surface area contributed by atoms with E-state index in [1.54, 1.807) is 0 Å². The third kappa shape index (κ3) is 7.82. The Morgan fingerprint density at radius 2 is 2.20 bits per heavy atom. The molecular weight excluding hydrogens is 146 g/mol. The van der Waals surface area contributed by atoms with E-state index in [0.29, 0.717) is 11.7 Å². The Hall–Kier alpha value is -0.180. The number of carbonyl (C=O) groups excluding carboxylic acids is 1. The number of thioether (sulfide) groups is 1. The Bertz CT molecular complexity index is 104. The molecule has 60 valence electrons. The van der Waals surface area contributed by atoms with Crippen molar-refractivity contribution in [2.45, 2.75) is 31.9 Å². The largest absolute Gasteiger partial charge is 0.370 e. The highest BCUT2D eigenvalue weighted by molar-refractivity contribution is 7.99. The first-order valence-corrected chi connectivity index (χ1v) is 4.57. The van der Waals surface area contributed by atoms with Gasteiger partial charge in [0.2, 0.25) is 5.91 Å². The molecule has 0 aliphatic rings. The Morgan fingerprint density at radius 3 is 2.60 bits per heavy atom. The predicted octanol–water partition coefficient (Wildman–Crippen LogP) is 1.39. The minimum Gasteiger partial charge on any atom is -0.370 e. The molecule has 0 unspecified atom stereocenters. The van der Waals surface area contributed by atoms with Crippen LogP contribution in [0.1, 0.15) is 26.7 Å². The van der Waals surface area contributed by atoms with E-state index in [9.17, 15) is 4.79 Å². The van der Waals surface area contributed by atoms with E-state index in [2.05, 4.69) is 13.8 Å². The summed E-state index contributed by atoms with van der Waals surface area (Å²) in [7, 11) is 0. The highest BCUT2D eigenvalue weighted by Crippen LogP contribution is 2.10. The molecule has 0 saturated carbocycles. The third-order valence-electron chi connectivity index (χ3n) is 1.02. The molecular formula is C7H15NOS. The topological polar surface area (TPSA) is 43.1 Å². The SMILES string of the molecule is CC(C)SCCCC(N)=O.